The van der Waals surface area contributed by atoms with Gasteiger partial charge >= 0.3 is 11.9 Å². The number of benzene rings is 1. The first-order chi connectivity index (χ1) is 11.6. The van der Waals surface area contributed by atoms with E-state index in [1.807, 2.05) is 26.0 Å². The van der Waals surface area contributed by atoms with Crippen molar-refractivity contribution in [1.82, 2.24) is 0 Å². The highest BCUT2D eigenvalue weighted by molar-refractivity contribution is 6.19. The average molecular weight is 337 g/mol. The molecule has 1 aliphatic carbocycles. The molecule has 1 unspecified atom stereocenters. The minimum atomic E-state index is -0.562. The van der Waals surface area contributed by atoms with Crippen LogP contribution in [0.15, 0.2) is 41.0 Å². The molecule has 0 amide bonds. The highest BCUT2D eigenvalue weighted by atomic mass is 16.6. The molecular weight excluding hydrogens is 314 g/mol. The van der Waals surface area contributed by atoms with E-state index in [1.165, 1.54) is 0 Å². The van der Waals surface area contributed by atoms with Gasteiger partial charge in [0.05, 0.1) is 16.7 Å². The molecule has 0 bridgehead atoms. The monoisotopic (exact) mass is 337 g/mol. The largest absolute Gasteiger partial charge is 0.386 e. The minimum Gasteiger partial charge on any atom is -0.386 e. The molecule has 1 aromatic carbocycles. The number of hydrogen-bond acceptors (Lipinski definition) is 4. The summed E-state index contributed by atoms with van der Waals surface area (Å²) < 4.78 is 5.05. The van der Waals surface area contributed by atoms with Gasteiger partial charge in [-0.2, -0.15) is 0 Å². The maximum Gasteiger partial charge on any atom is 0.346 e. The fourth-order valence-corrected chi connectivity index (χ4v) is 4.94. The van der Waals surface area contributed by atoms with E-state index in [1.54, 1.807) is 0 Å². The van der Waals surface area contributed by atoms with Crippen LogP contribution in [-0.4, -0.2) is 24.5 Å². The standard InChI is InChI=1S/C21H23NO3/c1-11(2)14-15-17(19(24)25-18(15)23)20(3,4)21(5)16(14)12-9-7-8-10-13(12)22(21)6/h7-11H,1-6H3. The zero-order valence-corrected chi connectivity index (χ0v) is 15.6. The molecule has 0 fully saturated rings. The van der Waals surface area contributed by atoms with Crippen LogP contribution >= 0.6 is 0 Å². The van der Waals surface area contributed by atoms with Crippen molar-refractivity contribution in [2.75, 3.05) is 11.9 Å². The second kappa shape index (κ2) is 4.63. The van der Waals surface area contributed by atoms with Crippen LogP contribution in [0.1, 0.15) is 40.2 Å². The Labute approximate surface area is 148 Å². The smallest absolute Gasteiger partial charge is 0.346 e. The Morgan fingerprint density at radius 2 is 1.64 bits per heavy atom. The highest BCUT2D eigenvalue weighted by Gasteiger charge is 2.62. The summed E-state index contributed by atoms with van der Waals surface area (Å²) in [5.41, 5.74) is 4.39. The predicted octanol–water partition coefficient (Wildman–Crippen LogP) is 3.72. The van der Waals surface area contributed by atoms with E-state index >= 15 is 0 Å². The van der Waals surface area contributed by atoms with Crippen LogP contribution in [-0.2, 0) is 14.3 Å². The zero-order valence-electron chi connectivity index (χ0n) is 15.6. The van der Waals surface area contributed by atoms with Crippen LogP contribution in [0.25, 0.3) is 5.57 Å². The topological polar surface area (TPSA) is 46.6 Å². The van der Waals surface area contributed by atoms with E-state index in [-0.39, 0.29) is 5.92 Å². The van der Waals surface area contributed by atoms with Gasteiger partial charge in [-0.15, -0.1) is 0 Å². The maximum atomic E-state index is 12.6. The third kappa shape index (κ3) is 1.63. The lowest BCUT2D eigenvalue weighted by atomic mass is 9.58. The lowest BCUT2D eigenvalue weighted by Crippen LogP contribution is -2.56. The van der Waals surface area contributed by atoms with E-state index in [2.05, 4.69) is 44.9 Å². The molecule has 0 N–H and O–H groups in total. The van der Waals surface area contributed by atoms with Gasteiger partial charge in [0.25, 0.3) is 0 Å². The van der Waals surface area contributed by atoms with Gasteiger partial charge in [-0.3, -0.25) is 0 Å². The number of carbonyl (C=O) groups is 2. The van der Waals surface area contributed by atoms with Gasteiger partial charge in [0.2, 0.25) is 0 Å². The van der Waals surface area contributed by atoms with E-state index < -0.39 is 22.9 Å². The molecule has 1 atom stereocenters. The Hall–Kier alpha value is -2.36. The van der Waals surface area contributed by atoms with Gasteiger partial charge in [0, 0.05) is 23.7 Å². The number of cyclic esters (lactones) is 2. The van der Waals surface area contributed by atoms with Gasteiger partial charge in [-0.05, 0) is 30.1 Å². The number of carbonyl (C=O) groups excluding carboxylic acids is 2. The molecule has 0 saturated carbocycles. The Balaban J connectivity index is 2.19. The molecule has 0 aromatic heterocycles. The molecule has 1 aromatic rings. The SMILES string of the molecule is CC(C)C1=C2c3ccccc3N(C)C2(C)C(C)(C)C2=C1C(=O)OC2=O. The lowest BCUT2D eigenvalue weighted by Gasteiger charge is -2.51. The number of ether oxygens (including phenoxy) is 1. The summed E-state index contributed by atoms with van der Waals surface area (Å²) >= 11 is 0. The molecule has 3 aliphatic rings. The molecule has 4 rings (SSSR count). The summed E-state index contributed by atoms with van der Waals surface area (Å²) in [6.45, 7) is 10.4. The molecule has 25 heavy (non-hydrogen) atoms. The Morgan fingerprint density at radius 1 is 1.00 bits per heavy atom. The molecular formula is C21H23NO3. The van der Waals surface area contributed by atoms with Gasteiger partial charge in [0.15, 0.2) is 0 Å². The molecule has 4 nitrogen and oxygen atoms in total. The number of esters is 2. The van der Waals surface area contributed by atoms with E-state index in [4.69, 9.17) is 4.74 Å². The number of para-hydroxylation sites is 1. The van der Waals surface area contributed by atoms with Crippen LogP contribution in [0.2, 0.25) is 0 Å². The molecule has 130 valence electrons. The number of nitrogens with zero attached hydrogens (tertiary/aromatic N) is 1. The van der Waals surface area contributed by atoms with Gasteiger partial charge in [-0.1, -0.05) is 45.9 Å². The van der Waals surface area contributed by atoms with Crippen LogP contribution in [0.5, 0.6) is 0 Å². The first kappa shape index (κ1) is 16.1. The molecule has 0 radical (unpaired) electrons. The number of rotatable bonds is 1. The Kier molecular flexibility index (Phi) is 2.98. The van der Waals surface area contributed by atoms with Crippen molar-refractivity contribution in [3.63, 3.8) is 0 Å². The van der Waals surface area contributed by atoms with Crippen molar-refractivity contribution >= 4 is 23.2 Å². The second-order valence-electron chi connectivity index (χ2n) is 8.14. The van der Waals surface area contributed by atoms with Crippen molar-refractivity contribution in [1.29, 1.82) is 0 Å². The quantitative estimate of drug-likeness (QED) is 0.579. The van der Waals surface area contributed by atoms with Crippen LogP contribution in [0.4, 0.5) is 5.69 Å². The minimum absolute atomic E-state index is 0.105. The van der Waals surface area contributed by atoms with Gasteiger partial charge in [-0.25, -0.2) is 9.59 Å². The summed E-state index contributed by atoms with van der Waals surface area (Å²) in [5, 5.41) is 0. The fourth-order valence-electron chi connectivity index (χ4n) is 4.94. The first-order valence-electron chi connectivity index (χ1n) is 8.73. The third-order valence-corrected chi connectivity index (χ3v) is 6.49. The number of fused-ring (bicyclic) bond motifs is 3. The van der Waals surface area contributed by atoms with Crippen molar-refractivity contribution in [3.05, 3.63) is 46.5 Å². The van der Waals surface area contributed by atoms with Crippen LogP contribution in [0.3, 0.4) is 0 Å². The van der Waals surface area contributed by atoms with Crippen molar-refractivity contribution in [2.24, 2.45) is 11.3 Å². The molecule has 4 heteroatoms. The third-order valence-electron chi connectivity index (χ3n) is 6.49. The number of likely N-dealkylation sites (N-methyl/N-ethyl adjacent to an activating group) is 1. The first-order valence-corrected chi connectivity index (χ1v) is 8.73. The number of hydrogen-bond donors (Lipinski definition) is 0. The summed E-state index contributed by atoms with van der Waals surface area (Å²) in [4.78, 5) is 27.4. The van der Waals surface area contributed by atoms with Gasteiger partial charge in [0.1, 0.15) is 0 Å². The summed E-state index contributed by atoms with van der Waals surface area (Å²) in [5.74, 6) is -0.889. The lowest BCUT2D eigenvalue weighted by molar-refractivity contribution is -0.151. The molecule has 2 aliphatic heterocycles. The number of anilines is 1. The van der Waals surface area contributed by atoms with Gasteiger partial charge < -0.3 is 9.64 Å². The summed E-state index contributed by atoms with van der Waals surface area (Å²) in [7, 11) is 2.07. The van der Waals surface area contributed by atoms with Crippen LogP contribution in [0, 0.1) is 11.3 Å². The Morgan fingerprint density at radius 3 is 2.28 bits per heavy atom. The fraction of sp³-hybridized carbons (Fsp3) is 0.429. The van der Waals surface area contributed by atoms with E-state index in [9.17, 15) is 9.59 Å². The highest BCUT2D eigenvalue weighted by Crippen LogP contribution is 2.63. The molecule has 2 heterocycles. The van der Waals surface area contributed by atoms with E-state index in [0.717, 1.165) is 22.4 Å². The van der Waals surface area contributed by atoms with Crippen LogP contribution < -0.4 is 4.90 Å². The van der Waals surface area contributed by atoms with Crippen molar-refractivity contribution in [2.45, 2.75) is 40.2 Å². The maximum absolute atomic E-state index is 12.6. The van der Waals surface area contributed by atoms with E-state index in [0.29, 0.717) is 11.1 Å². The second-order valence-corrected chi connectivity index (χ2v) is 8.14. The molecule has 0 spiro atoms. The summed E-state index contributed by atoms with van der Waals surface area (Å²) in [6, 6.07) is 8.27. The summed E-state index contributed by atoms with van der Waals surface area (Å²) in [6.07, 6.45) is 0. The average Bonchev–Trinajstić information content (AvgIpc) is 2.96. The zero-order chi connectivity index (χ0) is 18.3. The van der Waals surface area contributed by atoms with Crippen molar-refractivity contribution in [3.8, 4) is 0 Å². The Bertz CT molecular complexity index is 903. The predicted molar refractivity (Wildman–Crippen MR) is 96.9 cm³/mol. The normalized spacial score (nSPS) is 26.9. The molecule has 0 saturated heterocycles. The van der Waals surface area contributed by atoms with Crippen molar-refractivity contribution < 1.29 is 14.3 Å².